The molecule has 0 aliphatic carbocycles. The van der Waals surface area contributed by atoms with Gasteiger partial charge in [-0.2, -0.15) is 0 Å². The van der Waals surface area contributed by atoms with Crippen LogP contribution in [0.15, 0.2) is 42.5 Å². The molecule has 0 N–H and O–H groups in total. The largest absolute Gasteiger partial charge is 0.497 e. The molecule has 0 aliphatic rings. The van der Waals surface area contributed by atoms with E-state index in [1.807, 2.05) is 0 Å². The number of hydrogen-bond donors (Lipinski definition) is 0. The minimum Gasteiger partial charge on any atom is -0.497 e. The maximum atomic E-state index is 13.0. The van der Waals surface area contributed by atoms with E-state index in [2.05, 4.69) is 0 Å². The molecule has 0 amide bonds. The van der Waals surface area contributed by atoms with Crippen LogP contribution in [0.4, 0.5) is 0 Å². The molecule has 0 saturated carbocycles. The van der Waals surface area contributed by atoms with Crippen LogP contribution in [0.3, 0.4) is 0 Å². The number of nitrogens with zero attached hydrogens (tertiary/aromatic N) is 1. The van der Waals surface area contributed by atoms with Crippen molar-refractivity contribution in [3.8, 4) is 11.5 Å². The van der Waals surface area contributed by atoms with Crippen molar-refractivity contribution in [2.45, 2.75) is 6.92 Å². The predicted molar refractivity (Wildman–Crippen MR) is 95.7 cm³/mol. The Bertz CT molecular complexity index is 973. The van der Waals surface area contributed by atoms with E-state index >= 15 is 0 Å². The van der Waals surface area contributed by atoms with Crippen LogP contribution < -0.4 is 9.47 Å². The number of ketones is 1. The molecule has 1 aromatic heterocycles. The summed E-state index contributed by atoms with van der Waals surface area (Å²) in [7, 11) is 3.31. The molecular weight excluding hydrogens is 342 g/mol. The van der Waals surface area contributed by atoms with Gasteiger partial charge < -0.3 is 14.0 Å². The molecule has 1 heterocycles. The summed E-state index contributed by atoms with van der Waals surface area (Å²) in [6.45, 7) is 1.30. The van der Waals surface area contributed by atoms with Crippen molar-refractivity contribution >= 4 is 34.3 Å². The van der Waals surface area contributed by atoms with E-state index < -0.39 is 5.97 Å². The number of methoxy groups -OCH3 is 1. The molecule has 0 bridgehead atoms. The van der Waals surface area contributed by atoms with E-state index in [0.717, 1.165) is 5.52 Å². The molecule has 2 aromatic carbocycles. The molecule has 25 heavy (non-hydrogen) atoms. The number of benzene rings is 2. The van der Waals surface area contributed by atoms with Crippen LogP contribution in [0.5, 0.6) is 11.5 Å². The number of fused-ring (bicyclic) bond motifs is 1. The third kappa shape index (κ3) is 3.10. The summed E-state index contributed by atoms with van der Waals surface area (Å²) in [6.07, 6.45) is 0. The second-order valence-corrected chi connectivity index (χ2v) is 5.99. The predicted octanol–water partition coefficient (Wildman–Crippen LogP) is 4.00. The summed E-state index contributed by atoms with van der Waals surface area (Å²) in [5.41, 5.74) is 1.48. The summed E-state index contributed by atoms with van der Waals surface area (Å²) in [5.74, 6) is 0.139. The Kier molecular flexibility index (Phi) is 4.51. The SMILES string of the molecule is COc1ccc2c(OC(C)=O)c(C(=O)c3ccc(Cl)cc3)n(C)c2c1. The van der Waals surface area contributed by atoms with Crippen molar-refractivity contribution in [1.29, 1.82) is 0 Å². The van der Waals surface area contributed by atoms with Crippen molar-refractivity contribution in [3.05, 3.63) is 58.7 Å². The van der Waals surface area contributed by atoms with Gasteiger partial charge in [-0.05, 0) is 36.4 Å². The fraction of sp³-hybridized carbons (Fsp3) is 0.158. The zero-order chi connectivity index (χ0) is 18.1. The van der Waals surface area contributed by atoms with E-state index in [1.54, 1.807) is 61.2 Å². The molecule has 5 nitrogen and oxygen atoms in total. The maximum Gasteiger partial charge on any atom is 0.308 e. The van der Waals surface area contributed by atoms with Crippen LogP contribution in [-0.2, 0) is 11.8 Å². The third-order valence-corrected chi connectivity index (χ3v) is 4.18. The number of ether oxygens (including phenoxy) is 2. The lowest BCUT2D eigenvalue weighted by Crippen LogP contribution is -2.11. The van der Waals surface area contributed by atoms with Gasteiger partial charge in [0.25, 0.3) is 0 Å². The first kappa shape index (κ1) is 17.0. The van der Waals surface area contributed by atoms with Gasteiger partial charge in [-0.3, -0.25) is 9.59 Å². The Morgan fingerprint density at radius 3 is 2.36 bits per heavy atom. The van der Waals surface area contributed by atoms with E-state index in [-0.39, 0.29) is 11.5 Å². The molecule has 0 spiro atoms. The molecular formula is C19H16ClNO4. The normalized spacial score (nSPS) is 10.7. The van der Waals surface area contributed by atoms with Crippen LogP contribution >= 0.6 is 11.6 Å². The lowest BCUT2D eigenvalue weighted by atomic mass is 10.1. The fourth-order valence-electron chi connectivity index (χ4n) is 2.75. The van der Waals surface area contributed by atoms with Crippen molar-refractivity contribution in [2.24, 2.45) is 7.05 Å². The topological polar surface area (TPSA) is 57.5 Å². The quantitative estimate of drug-likeness (QED) is 0.523. The van der Waals surface area contributed by atoms with Crippen LogP contribution in [0.1, 0.15) is 23.0 Å². The summed E-state index contributed by atoms with van der Waals surface area (Å²) < 4.78 is 12.3. The smallest absolute Gasteiger partial charge is 0.308 e. The minimum atomic E-state index is -0.492. The molecule has 0 fully saturated rings. The first-order valence-corrected chi connectivity index (χ1v) is 7.95. The van der Waals surface area contributed by atoms with Crippen molar-refractivity contribution in [1.82, 2.24) is 4.57 Å². The average molecular weight is 358 g/mol. The highest BCUT2D eigenvalue weighted by Crippen LogP contribution is 2.36. The second-order valence-electron chi connectivity index (χ2n) is 5.55. The van der Waals surface area contributed by atoms with Crippen LogP contribution in [-0.4, -0.2) is 23.4 Å². The second kappa shape index (κ2) is 6.61. The molecule has 0 atom stereocenters. The number of hydrogen-bond acceptors (Lipinski definition) is 4. The maximum absolute atomic E-state index is 13.0. The Balaban J connectivity index is 2.24. The van der Waals surface area contributed by atoms with E-state index in [0.29, 0.717) is 27.4 Å². The number of carbonyl (C=O) groups is 2. The van der Waals surface area contributed by atoms with Gasteiger partial charge in [0.1, 0.15) is 11.4 Å². The highest BCUT2D eigenvalue weighted by molar-refractivity contribution is 6.30. The Morgan fingerprint density at radius 2 is 1.76 bits per heavy atom. The van der Waals surface area contributed by atoms with Crippen molar-refractivity contribution < 1.29 is 19.1 Å². The average Bonchev–Trinajstić information content (AvgIpc) is 2.86. The van der Waals surface area contributed by atoms with Crippen molar-refractivity contribution in [3.63, 3.8) is 0 Å². The Labute approximate surface area is 149 Å². The highest BCUT2D eigenvalue weighted by Gasteiger charge is 2.25. The molecule has 6 heteroatoms. The third-order valence-electron chi connectivity index (χ3n) is 3.93. The first-order chi connectivity index (χ1) is 11.9. The van der Waals surface area contributed by atoms with Crippen molar-refractivity contribution in [2.75, 3.05) is 7.11 Å². The highest BCUT2D eigenvalue weighted by atomic mass is 35.5. The Hall–Kier alpha value is -2.79. The standard InChI is InChI=1S/C19H16ClNO4/c1-11(22)25-19-15-9-8-14(24-3)10-16(15)21(2)17(19)18(23)12-4-6-13(20)7-5-12/h4-10H,1-3H3. The molecule has 3 aromatic rings. The van der Waals surface area contributed by atoms with Gasteiger partial charge in [-0.1, -0.05) is 11.6 Å². The van der Waals surface area contributed by atoms with Gasteiger partial charge in [-0.15, -0.1) is 0 Å². The van der Waals surface area contributed by atoms with Crippen LogP contribution in [0, 0.1) is 0 Å². The van der Waals surface area contributed by atoms with Crippen LogP contribution in [0.25, 0.3) is 10.9 Å². The lowest BCUT2D eigenvalue weighted by molar-refractivity contribution is -0.131. The molecule has 128 valence electrons. The number of aryl methyl sites for hydroxylation is 1. The van der Waals surface area contributed by atoms with E-state index in [4.69, 9.17) is 21.1 Å². The van der Waals surface area contributed by atoms with Gasteiger partial charge in [0.2, 0.25) is 5.78 Å². The summed E-state index contributed by atoms with van der Waals surface area (Å²) in [4.78, 5) is 24.6. The van der Waals surface area contributed by atoms with Crippen LogP contribution in [0.2, 0.25) is 5.02 Å². The monoisotopic (exact) mass is 357 g/mol. The van der Waals surface area contributed by atoms with Gasteiger partial charge in [0.15, 0.2) is 5.75 Å². The first-order valence-electron chi connectivity index (χ1n) is 7.57. The van der Waals surface area contributed by atoms with Gasteiger partial charge >= 0.3 is 5.97 Å². The molecule has 0 saturated heterocycles. The van der Waals surface area contributed by atoms with E-state index in [1.165, 1.54) is 6.92 Å². The fourth-order valence-corrected chi connectivity index (χ4v) is 2.87. The molecule has 0 unspecified atom stereocenters. The summed E-state index contributed by atoms with van der Waals surface area (Å²) in [5, 5.41) is 1.20. The number of carbonyl (C=O) groups excluding carboxylic acids is 2. The number of rotatable bonds is 4. The zero-order valence-corrected chi connectivity index (χ0v) is 14.8. The molecule has 3 rings (SSSR count). The molecule has 0 radical (unpaired) electrons. The summed E-state index contributed by atoms with van der Waals surface area (Å²) in [6, 6.07) is 11.9. The van der Waals surface area contributed by atoms with E-state index in [9.17, 15) is 9.59 Å². The minimum absolute atomic E-state index is 0.243. The summed E-state index contributed by atoms with van der Waals surface area (Å²) >= 11 is 5.89. The van der Waals surface area contributed by atoms with Gasteiger partial charge in [-0.25, -0.2) is 0 Å². The number of esters is 1. The van der Waals surface area contributed by atoms with Gasteiger partial charge in [0.05, 0.1) is 12.6 Å². The zero-order valence-electron chi connectivity index (χ0n) is 14.0. The number of halogens is 1. The molecule has 0 aliphatic heterocycles. The van der Waals surface area contributed by atoms with Gasteiger partial charge in [0, 0.05) is 36.0 Å². The Morgan fingerprint density at radius 1 is 1.08 bits per heavy atom. The number of aromatic nitrogens is 1. The lowest BCUT2D eigenvalue weighted by Gasteiger charge is -2.07.